The number of aliphatic hydroxyl groups excluding tert-OH is 1. The first kappa shape index (κ1) is 12.0. The smallest absolute Gasteiger partial charge is 0.308 e. The second-order valence-corrected chi connectivity index (χ2v) is 3.77. The maximum atomic E-state index is 10.9. The van der Waals surface area contributed by atoms with Gasteiger partial charge in [-0.1, -0.05) is 12.1 Å². The summed E-state index contributed by atoms with van der Waals surface area (Å²) in [5.41, 5.74) is 0.459. The molecule has 0 spiro atoms. The number of ether oxygens (including phenoxy) is 1. The van der Waals surface area contributed by atoms with Gasteiger partial charge in [-0.3, -0.25) is 4.79 Å². The zero-order valence-corrected chi connectivity index (χ0v) is 9.69. The van der Waals surface area contributed by atoms with E-state index in [2.05, 4.69) is 20.7 Å². The molecule has 0 fully saturated rings. The molecule has 1 aromatic rings. The molecule has 0 saturated heterocycles. The molecule has 0 aliphatic heterocycles. The fourth-order valence-corrected chi connectivity index (χ4v) is 1.67. The zero-order valence-electron chi connectivity index (χ0n) is 8.11. The van der Waals surface area contributed by atoms with Crippen LogP contribution in [0.25, 0.3) is 0 Å². The largest absolute Gasteiger partial charge is 0.507 e. The summed E-state index contributed by atoms with van der Waals surface area (Å²) in [5, 5.41) is 19.1. The predicted octanol–water partition coefficient (Wildman–Crippen LogP) is 1.75. The molecule has 5 heteroatoms. The molecule has 0 unspecified atom stereocenters. The fraction of sp³-hybridized carbons (Fsp3) is 0.300. The number of aliphatic hydroxyl groups is 1. The third-order valence-electron chi connectivity index (χ3n) is 1.95. The molecule has 1 aromatic carbocycles. The van der Waals surface area contributed by atoms with Gasteiger partial charge in [0.15, 0.2) is 0 Å². The molecule has 2 N–H and O–H groups in total. The SMILES string of the molecule is COC(=O)C[C@@H](O)c1cccc(O)c1Br. The molecule has 0 aliphatic carbocycles. The number of methoxy groups -OCH3 is 1. The van der Waals surface area contributed by atoms with Crippen molar-refractivity contribution in [3.8, 4) is 5.75 Å². The summed E-state index contributed by atoms with van der Waals surface area (Å²) in [4.78, 5) is 10.9. The minimum Gasteiger partial charge on any atom is -0.507 e. The standard InChI is InChI=1S/C10H11BrO4/c1-15-9(14)5-8(13)6-3-2-4-7(12)10(6)11/h2-4,8,12-13H,5H2,1H3/t8-/m1/s1. The Morgan fingerprint density at radius 3 is 2.87 bits per heavy atom. The lowest BCUT2D eigenvalue weighted by atomic mass is 10.1. The van der Waals surface area contributed by atoms with E-state index in [4.69, 9.17) is 0 Å². The first-order chi connectivity index (χ1) is 7.06. The van der Waals surface area contributed by atoms with Crippen molar-refractivity contribution in [2.24, 2.45) is 0 Å². The van der Waals surface area contributed by atoms with E-state index in [1.54, 1.807) is 12.1 Å². The van der Waals surface area contributed by atoms with Crippen LogP contribution in [0.5, 0.6) is 5.75 Å². The second kappa shape index (κ2) is 5.14. The van der Waals surface area contributed by atoms with E-state index in [0.29, 0.717) is 10.0 Å². The van der Waals surface area contributed by atoms with Crippen LogP contribution in [-0.2, 0) is 9.53 Å². The van der Waals surface area contributed by atoms with Crippen molar-refractivity contribution < 1.29 is 19.7 Å². The summed E-state index contributed by atoms with van der Waals surface area (Å²) in [7, 11) is 1.26. The maximum absolute atomic E-state index is 10.9. The van der Waals surface area contributed by atoms with Crippen LogP contribution in [0.1, 0.15) is 18.1 Å². The number of aromatic hydroxyl groups is 1. The Labute approximate surface area is 95.6 Å². The van der Waals surface area contributed by atoms with Gasteiger partial charge >= 0.3 is 5.97 Å². The number of hydrogen-bond acceptors (Lipinski definition) is 4. The number of halogens is 1. The predicted molar refractivity (Wildman–Crippen MR) is 57.4 cm³/mol. The van der Waals surface area contributed by atoms with Crippen molar-refractivity contribution in [3.63, 3.8) is 0 Å². The molecule has 0 amide bonds. The van der Waals surface area contributed by atoms with Gasteiger partial charge in [-0.25, -0.2) is 0 Å². The van der Waals surface area contributed by atoms with Crippen LogP contribution >= 0.6 is 15.9 Å². The van der Waals surface area contributed by atoms with Crippen LogP contribution in [0, 0.1) is 0 Å². The number of carbonyl (C=O) groups is 1. The van der Waals surface area contributed by atoms with Gasteiger partial charge in [-0.15, -0.1) is 0 Å². The molecular weight excluding hydrogens is 264 g/mol. The third kappa shape index (κ3) is 2.94. The van der Waals surface area contributed by atoms with Crippen LogP contribution in [0.3, 0.4) is 0 Å². The van der Waals surface area contributed by atoms with Crippen molar-refractivity contribution in [3.05, 3.63) is 28.2 Å². The highest BCUT2D eigenvalue weighted by Gasteiger charge is 2.17. The first-order valence-electron chi connectivity index (χ1n) is 4.28. The molecule has 0 heterocycles. The van der Waals surface area contributed by atoms with E-state index in [9.17, 15) is 15.0 Å². The highest BCUT2D eigenvalue weighted by atomic mass is 79.9. The van der Waals surface area contributed by atoms with Crippen molar-refractivity contribution >= 4 is 21.9 Å². The van der Waals surface area contributed by atoms with E-state index in [-0.39, 0.29) is 12.2 Å². The molecule has 0 saturated carbocycles. The van der Waals surface area contributed by atoms with Crippen LogP contribution in [0.2, 0.25) is 0 Å². The Morgan fingerprint density at radius 1 is 1.60 bits per heavy atom. The number of carbonyl (C=O) groups excluding carboxylic acids is 1. The lowest BCUT2D eigenvalue weighted by Gasteiger charge is -2.12. The first-order valence-corrected chi connectivity index (χ1v) is 5.07. The number of phenols is 1. The number of hydrogen-bond donors (Lipinski definition) is 2. The van der Waals surface area contributed by atoms with Crippen LogP contribution in [-0.4, -0.2) is 23.3 Å². The van der Waals surface area contributed by atoms with Gasteiger partial charge < -0.3 is 14.9 Å². The number of esters is 1. The summed E-state index contributed by atoms with van der Waals surface area (Å²) in [5.74, 6) is -0.478. The average Bonchev–Trinajstić information content (AvgIpc) is 2.21. The van der Waals surface area contributed by atoms with Gasteiger partial charge in [0, 0.05) is 0 Å². The Kier molecular flexibility index (Phi) is 4.11. The quantitative estimate of drug-likeness (QED) is 0.825. The molecule has 0 aromatic heterocycles. The Hall–Kier alpha value is -1.07. The van der Waals surface area contributed by atoms with Gasteiger partial charge in [0.2, 0.25) is 0 Å². The van der Waals surface area contributed by atoms with Crippen molar-refractivity contribution in [2.75, 3.05) is 7.11 Å². The van der Waals surface area contributed by atoms with Crippen molar-refractivity contribution in [1.29, 1.82) is 0 Å². The molecule has 1 atom stereocenters. The molecule has 15 heavy (non-hydrogen) atoms. The van der Waals surface area contributed by atoms with Gasteiger partial charge in [0.05, 0.1) is 24.1 Å². The topological polar surface area (TPSA) is 66.8 Å². The summed E-state index contributed by atoms with van der Waals surface area (Å²) < 4.78 is 4.83. The van der Waals surface area contributed by atoms with E-state index < -0.39 is 12.1 Å². The molecule has 0 aliphatic rings. The van der Waals surface area contributed by atoms with E-state index in [1.165, 1.54) is 13.2 Å². The molecule has 0 bridgehead atoms. The van der Waals surface area contributed by atoms with Crippen LogP contribution in [0.15, 0.2) is 22.7 Å². The summed E-state index contributed by atoms with van der Waals surface area (Å²) >= 11 is 3.13. The third-order valence-corrected chi connectivity index (χ3v) is 2.82. The van der Waals surface area contributed by atoms with Gasteiger partial charge in [-0.2, -0.15) is 0 Å². The van der Waals surface area contributed by atoms with Gasteiger partial charge in [-0.05, 0) is 27.6 Å². The normalized spacial score (nSPS) is 12.2. The Morgan fingerprint density at radius 2 is 2.27 bits per heavy atom. The van der Waals surface area contributed by atoms with Crippen molar-refractivity contribution in [2.45, 2.75) is 12.5 Å². The zero-order chi connectivity index (χ0) is 11.4. The van der Waals surface area contributed by atoms with Crippen molar-refractivity contribution in [1.82, 2.24) is 0 Å². The molecule has 1 rings (SSSR count). The van der Waals surface area contributed by atoms with Gasteiger partial charge in [0.1, 0.15) is 5.75 Å². The maximum Gasteiger partial charge on any atom is 0.308 e. The monoisotopic (exact) mass is 274 g/mol. The minimum absolute atomic E-state index is 0.0245. The van der Waals surface area contributed by atoms with E-state index >= 15 is 0 Å². The lowest BCUT2D eigenvalue weighted by Crippen LogP contribution is -2.08. The fourth-order valence-electron chi connectivity index (χ4n) is 1.15. The number of rotatable bonds is 3. The summed E-state index contributed by atoms with van der Waals surface area (Å²) in [6, 6.07) is 4.70. The van der Waals surface area contributed by atoms with E-state index in [1.807, 2.05) is 0 Å². The van der Waals surface area contributed by atoms with E-state index in [0.717, 1.165) is 0 Å². The number of benzene rings is 1. The highest BCUT2D eigenvalue weighted by molar-refractivity contribution is 9.10. The second-order valence-electron chi connectivity index (χ2n) is 2.98. The Balaban J connectivity index is 2.86. The summed E-state index contributed by atoms with van der Waals surface area (Å²) in [6.45, 7) is 0. The van der Waals surface area contributed by atoms with Crippen LogP contribution in [0.4, 0.5) is 0 Å². The number of phenolic OH excluding ortho intramolecular Hbond substituents is 1. The Bertz CT molecular complexity index is 364. The molecular formula is C10H11BrO4. The highest BCUT2D eigenvalue weighted by Crippen LogP contribution is 2.32. The summed E-state index contributed by atoms with van der Waals surface area (Å²) in [6.07, 6.45) is -1.13. The molecule has 0 radical (unpaired) electrons. The van der Waals surface area contributed by atoms with Gasteiger partial charge in [0.25, 0.3) is 0 Å². The molecule has 82 valence electrons. The van der Waals surface area contributed by atoms with Crippen LogP contribution < -0.4 is 0 Å². The molecule has 4 nitrogen and oxygen atoms in total. The average molecular weight is 275 g/mol. The lowest BCUT2D eigenvalue weighted by molar-refractivity contribution is -0.142. The minimum atomic E-state index is -0.987.